The predicted octanol–water partition coefficient (Wildman–Crippen LogP) is -0.0370. The second kappa shape index (κ2) is 3.98. The Morgan fingerprint density at radius 3 is 2.40 bits per heavy atom. The van der Waals surface area contributed by atoms with Gasteiger partial charge in [0.05, 0.1) is 11.2 Å². The van der Waals surface area contributed by atoms with Crippen LogP contribution in [0.2, 0.25) is 0 Å². The first kappa shape index (κ1) is 12.3. The highest BCUT2D eigenvalue weighted by Gasteiger charge is 2.35. The SMILES string of the molecule is Cn1cc(BOC(C)(C)C(C)(C)O)cn1. The molecule has 5 heteroatoms. The molecule has 0 atom stereocenters. The lowest BCUT2D eigenvalue weighted by Crippen LogP contribution is -2.49. The van der Waals surface area contributed by atoms with E-state index in [1.807, 2.05) is 27.1 Å². The molecule has 0 aliphatic rings. The van der Waals surface area contributed by atoms with Gasteiger partial charge in [0.15, 0.2) is 0 Å². The van der Waals surface area contributed by atoms with Crippen molar-refractivity contribution in [3.63, 3.8) is 0 Å². The summed E-state index contributed by atoms with van der Waals surface area (Å²) >= 11 is 0. The minimum absolute atomic E-state index is 0.463. The van der Waals surface area contributed by atoms with E-state index in [2.05, 4.69) is 5.10 Å². The Morgan fingerprint density at radius 1 is 1.40 bits per heavy atom. The van der Waals surface area contributed by atoms with Gasteiger partial charge in [-0.1, -0.05) is 0 Å². The van der Waals surface area contributed by atoms with E-state index < -0.39 is 11.2 Å². The monoisotopic (exact) mass is 210 g/mol. The molecule has 0 spiro atoms. The third kappa shape index (κ3) is 3.07. The lowest BCUT2D eigenvalue weighted by molar-refractivity contribution is -0.0893. The molecule has 1 rings (SSSR count). The zero-order valence-corrected chi connectivity index (χ0v) is 10.1. The number of rotatable bonds is 4. The van der Waals surface area contributed by atoms with Crippen LogP contribution in [0, 0.1) is 0 Å². The average molecular weight is 210 g/mol. The molecule has 84 valence electrons. The lowest BCUT2D eigenvalue weighted by Gasteiger charge is -2.37. The normalized spacial score (nSPS) is 12.9. The first-order chi connectivity index (χ1) is 6.72. The minimum Gasteiger partial charge on any atom is -0.427 e. The fourth-order valence-corrected chi connectivity index (χ4v) is 0.987. The Bertz CT molecular complexity index is 328. The van der Waals surface area contributed by atoms with Crippen LogP contribution < -0.4 is 5.46 Å². The second-order valence-corrected chi connectivity index (χ2v) is 4.88. The van der Waals surface area contributed by atoms with Crippen molar-refractivity contribution in [3.05, 3.63) is 12.4 Å². The maximum absolute atomic E-state index is 9.88. The number of aliphatic hydroxyl groups is 1. The Labute approximate surface area is 91.5 Å². The number of hydrogen-bond donors (Lipinski definition) is 1. The van der Waals surface area contributed by atoms with Crippen LogP contribution in [0.3, 0.4) is 0 Å². The first-order valence-electron chi connectivity index (χ1n) is 5.06. The Hall–Kier alpha value is -0.805. The van der Waals surface area contributed by atoms with Crippen LogP contribution in [0.4, 0.5) is 0 Å². The number of nitrogens with zero attached hydrogens (tertiary/aromatic N) is 2. The molecule has 0 saturated carbocycles. The molecule has 4 nitrogen and oxygen atoms in total. The molecule has 0 bridgehead atoms. The van der Waals surface area contributed by atoms with E-state index in [1.165, 1.54) is 0 Å². The van der Waals surface area contributed by atoms with Crippen molar-refractivity contribution in [2.45, 2.75) is 38.9 Å². The van der Waals surface area contributed by atoms with Crippen molar-refractivity contribution >= 4 is 12.9 Å². The van der Waals surface area contributed by atoms with Crippen molar-refractivity contribution in [1.29, 1.82) is 0 Å². The fraction of sp³-hybridized carbons (Fsp3) is 0.700. The molecule has 1 aromatic rings. The highest BCUT2D eigenvalue weighted by Crippen LogP contribution is 2.24. The summed E-state index contributed by atoms with van der Waals surface area (Å²) in [6.45, 7) is 7.25. The lowest BCUT2D eigenvalue weighted by atomic mass is 9.84. The summed E-state index contributed by atoms with van der Waals surface area (Å²) in [4.78, 5) is 0. The third-order valence-electron chi connectivity index (χ3n) is 2.83. The highest BCUT2D eigenvalue weighted by molar-refractivity contribution is 6.46. The van der Waals surface area contributed by atoms with Gasteiger partial charge in [0.25, 0.3) is 0 Å². The largest absolute Gasteiger partial charge is 0.427 e. The summed E-state index contributed by atoms with van der Waals surface area (Å²) in [7, 11) is 2.33. The third-order valence-corrected chi connectivity index (χ3v) is 2.83. The van der Waals surface area contributed by atoms with Gasteiger partial charge in [-0.2, -0.15) is 5.10 Å². The Morgan fingerprint density at radius 2 is 2.00 bits per heavy atom. The van der Waals surface area contributed by atoms with Crippen LogP contribution in [0.25, 0.3) is 0 Å². The van der Waals surface area contributed by atoms with E-state index in [1.54, 1.807) is 24.7 Å². The zero-order chi connectivity index (χ0) is 11.7. The zero-order valence-electron chi connectivity index (χ0n) is 10.1. The van der Waals surface area contributed by atoms with Gasteiger partial charge in [-0.05, 0) is 33.2 Å². The summed E-state index contributed by atoms with van der Waals surface area (Å²) < 4.78 is 7.42. The van der Waals surface area contributed by atoms with Crippen LogP contribution in [0.15, 0.2) is 12.4 Å². The van der Waals surface area contributed by atoms with Gasteiger partial charge in [-0.15, -0.1) is 0 Å². The molecule has 0 amide bonds. The van der Waals surface area contributed by atoms with Gasteiger partial charge in [0.2, 0.25) is 0 Å². The molecule has 0 aromatic carbocycles. The standard InChI is InChI=1S/C10H19BN2O2/c1-9(2,14)10(3,4)15-11-8-6-12-13(5)7-8/h6-7,11,14H,1-5H3. The topological polar surface area (TPSA) is 47.3 Å². The van der Waals surface area contributed by atoms with Crippen LogP contribution in [0.5, 0.6) is 0 Å². The van der Waals surface area contributed by atoms with E-state index in [0.29, 0.717) is 7.48 Å². The minimum atomic E-state index is -0.866. The molecule has 15 heavy (non-hydrogen) atoms. The van der Waals surface area contributed by atoms with Gasteiger partial charge in [0.1, 0.15) is 0 Å². The second-order valence-electron chi connectivity index (χ2n) is 4.88. The van der Waals surface area contributed by atoms with Crippen molar-refractivity contribution in [2.24, 2.45) is 7.05 Å². The van der Waals surface area contributed by atoms with Crippen molar-refractivity contribution in [3.8, 4) is 0 Å². The van der Waals surface area contributed by atoms with E-state index >= 15 is 0 Å². The van der Waals surface area contributed by atoms with Gasteiger partial charge >= 0.3 is 7.48 Å². The van der Waals surface area contributed by atoms with E-state index in [-0.39, 0.29) is 0 Å². The molecule has 0 unspecified atom stereocenters. The van der Waals surface area contributed by atoms with Gasteiger partial charge in [-0.25, -0.2) is 0 Å². The number of aryl methyl sites for hydroxylation is 1. The van der Waals surface area contributed by atoms with Crippen molar-refractivity contribution in [2.75, 3.05) is 0 Å². The summed E-state index contributed by atoms with van der Waals surface area (Å²) in [5.41, 5.74) is -0.437. The summed E-state index contributed by atoms with van der Waals surface area (Å²) in [6.07, 6.45) is 3.67. The van der Waals surface area contributed by atoms with Crippen LogP contribution >= 0.6 is 0 Å². The maximum Gasteiger partial charge on any atom is 0.312 e. The molecule has 0 saturated heterocycles. The van der Waals surface area contributed by atoms with Crippen LogP contribution in [-0.4, -0.2) is 33.6 Å². The molecular weight excluding hydrogens is 191 g/mol. The van der Waals surface area contributed by atoms with Gasteiger partial charge in [-0.3, -0.25) is 4.68 Å². The molecule has 1 heterocycles. The van der Waals surface area contributed by atoms with Crippen molar-refractivity contribution in [1.82, 2.24) is 9.78 Å². The van der Waals surface area contributed by atoms with E-state index in [9.17, 15) is 5.11 Å². The van der Waals surface area contributed by atoms with Crippen LogP contribution in [0.1, 0.15) is 27.7 Å². The predicted molar refractivity (Wildman–Crippen MR) is 61.5 cm³/mol. The highest BCUT2D eigenvalue weighted by atomic mass is 16.5. The average Bonchev–Trinajstić information content (AvgIpc) is 2.46. The Balaban J connectivity index is 2.57. The van der Waals surface area contributed by atoms with Crippen LogP contribution in [-0.2, 0) is 11.7 Å². The van der Waals surface area contributed by atoms with Crippen molar-refractivity contribution < 1.29 is 9.76 Å². The number of hydrogen-bond acceptors (Lipinski definition) is 3. The molecule has 1 aromatic heterocycles. The summed E-state index contributed by atoms with van der Waals surface area (Å²) in [5.74, 6) is 0. The molecular formula is C10H19BN2O2. The maximum atomic E-state index is 9.88. The molecule has 0 fully saturated rings. The molecule has 0 aliphatic carbocycles. The number of aromatic nitrogens is 2. The molecule has 1 N–H and O–H groups in total. The first-order valence-corrected chi connectivity index (χ1v) is 5.06. The van der Waals surface area contributed by atoms with E-state index in [0.717, 1.165) is 5.46 Å². The summed E-state index contributed by atoms with van der Waals surface area (Å²) in [6, 6.07) is 0. The molecule has 0 radical (unpaired) electrons. The van der Waals surface area contributed by atoms with Gasteiger partial charge in [0, 0.05) is 19.4 Å². The fourth-order valence-electron chi connectivity index (χ4n) is 0.987. The quantitative estimate of drug-likeness (QED) is 0.709. The Kier molecular flexibility index (Phi) is 3.26. The summed E-state index contributed by atoms with van der Waals surface area (Å²) in [5, 5.41) is 13.9. The smallest absolute Gasteiger partial charge is 0.312 e. The van der Waals surface area contributed by atoms with Gasteiger partial charge < -0.3 is 9.76 Å². The molecule has 0 aliphatic heterocycles. The van der Waals surface area contributed by atoms with E-state index in [4.69, 9.17) is 4.65 Å².